The van der Waals surface area contributed by atoms with Gasteiger partial charge in [-0.1, -0.05) is 23.7 Å². The molecule has 0 bridgehead atoms. The van der Waals surface area contributed by atoms with Gasteiger partial charge >= 0.3 is 5.97 Å². The Morgan fingerprint density at radius 1 is 1.21 bits per heavy atom. The fourth-order valence-corrected chi connectivity index (χ4v) is 1.96. The predicted octanol–water partition coefficient (Wildman–Crippen LogP) is 3.89. The third kappa shape index (κ3) is 3.06. The Balaban J connectivity index is 2.51. The second-order valence-electron chi connectivity index (χ2n) is 3.96. The van der Waals surface area contributed by atoms with Crippen LogP contribution in [0.2, 0.25) is 5.02 Å². The molecule has 19 heavy (non-hydrogen) atoms. The van der Waals surface area contributed by atoms with Crippen LogP contribution in [0.4, 0.5) is 0 Å². The first-order valence-corrected chi connectivity index (χ1v) is 6.25. The van der Waals surface area contributed by atoms with Crippen LogP contribution in [-0.4, -0.2) is 17.7 Å². The molecule has 0 atom stereocenters. The van der Waals surface area contributed by atoms with Gasteiger partial charge in [-0.2, -0.15) is 0 Å². The Kier molecular flexibility index (Phi) is 4.07. The number of ether oxygens (including phenoxy) is 1. The van der Waals surface area contributed by atoms with Crippen LogP contribution in [0.15, 0.2) is 42.5 Å². The molecule has 2 aromatic rings. The van der Waals surface area contributed by atoms with Crippen LogP contribution in [-0.2, 0) is 4.74 Å². The number of hydrogen-bond donors (Lipinski definition) is 1. The lowest BCUT2D eigenvalue weighted by atomic mass is 9.99. The van der Waals surface area contributed by atoms with Crippen molar-refractivity contribution in [2.24, 2.45) is 0 Å². The lowest BCUT2D eigenvalue weighted by molar-refractivity contribution is 0.0527. The molecule has 0 heterocycles. The van der Waals surface area contributed by atoms with Crippen molar-refractivity contribution in [2.45, 2.75) is 6.92 Å². The highest BCUT2D eigenvalue weighted by Crippen LogP contribution is 2.28. The Hall–Kier alpha value is -2.00. The van der Waals surface area contributed by atoms with Gasteiger partial charge in [-0.25, -0.2) is 4.79 Å². The van der Waals surface area contributed by atoms with Gasteiger partial charge in [0.05, 0.1) is 12.2 Å². The summed E-state index contributed by atoms with van der Waals surface area (Å²) in [5.74, 6) is -0.217. The van der Waals surface area contributed by atoms with E-state index in [2.05, 4.69) is 0 Å². The summed E-state index contributed by atoms with van der Waals surface area (Å²) in [4.78, 5) is 11.9. The Labute approximate surface area is 116 Å². The first-order chi connectivity index (χ1) is 9.11. The van der Waals surface area contributed by atoms with Crippen molar-refractivity contribution in [3.05, 3.63) is 53.1 Å². The van der Waals surface area contributed by atoms with Gasteiger partial charge in [-0.3, -0.25) is 0 Å². The molecule has 0 amide bonds. The molecule has 0 aromatic heterocycles. The van der Waals surface area contributed by atoms with E-state index in [1.807, 2.05) is 0 Å². The van der Waals surface area contributed by atoms with E-state index in [1.54, 1.807) is 49.4 Å². The number of esters is 1. The van der Waals surface area contributed by atoms with E-state index in [-0.39, 0.29) is 11.7 Å². The number of carbonyl (C=O) groups excluding carboxylic acids is 1. The normalized spacial score (nSPS) is 10.2. The first kappa shape index (κ1) is 13.4. The fourth-order valence-electron chi connectivity index (χ4n) is 1.78. The van der Waals surface area contributed by atoms with E-state index in [0.29, 0.717) is 22.8 Å². The van der Waals surface area contributed by atoms with Gasteiger partial charge in [0.15, 0.2) is 0 Å². The minimum atomic E-state index is -0.387. The summed E-state index contributed by atoms with van der Waals surface area (Å²) in [7, 11) is 0. The van der Waals surface area contributed by atoms with Gasteiger partial charge in [-0.05, 0) is 48.4 Å². The number of hydrogen-bond acceptors (Lipinski definition) is 3. The van der Waals surface area contributed by atoms with Crippen LogP contribution in [0.3, 0.4) is 0 Å². The van der Waals surface area contributed by atoms with Crippen molar-refractivity contribution < 1.29 is 14.6 Å². The summed E-state index contributed by atoms with van der Waals surface area (Å²) in [6, 6.07) is 11.6. The Bertz CT molecular complexity index is 591. The molecule has 4 heteroatoms. The lowest BCUT2D eigenvalue weighted by Gasteiger charge is -2.09. The molecule has 98 valence electrons. The number of aromatic hydroxyl groups is 1. The summed E-state index contributed by atoms with van der Waals surface area (Å²) < 4.78 is 5.02. The maximum atomic E-state index is 11.9. The van der Waals surface area contributed by atoms with E-state index in [4.69, 9.17) is 16.3 Å². The highest BCUT2D eigenvalue weighted by molar-refractivity contribution is 6.31. The fraction of sp³-hybridized carbons (Fsp3) is 0.133. The summed E-state index contributed by atoms with van der Waals surface area (Å²) in [6.07, 6.45) is 0. The second-order valence-corrected chi connectivity index (χ2v) is 4.39. The summed E-state index contributed by atoms with van der Waals surface area (Å²) >= 11 is 5.98. The number of rotatable bonds is 3. The van der Waals surface area contributed by atoms with E-state index in [9.17, 15) is 9.90 Å². The van der Waals surface area contributed by atoms with Crippen LogP contribution in [0, 0.1) is 0 Å². The van der Waals surface area contributed by atoms with E-state index < -0.39 is 0 Å². The predicted molar refractivity (Wildman–Crippen MR) is 74.5 cm³/mol. The Morgan fingerprint density at radius 3 is 2.53 bits per heavy atom. The monoisotopic (exact) mass is 276 g/mol. The molecule has 3 nitrogen and oxygen atoms in total. The molecule has 1 N–H and O–H groups in total. The molecule has 0 spiro atoms. The van der Waals surface area contributed by atoms with Crippen molar-refractivity contribution in [3.8, 4) is 16.9 Å². The van der Waals surface area contributed by atoms with Gasteiger partial charge in [0.25, 0.3) is 0 Å². The van der Waals surface area contributed by atoms with Crippen molar-refractivity contribution in [1.82, 2.24) is 0 Å². The summed E-state index contributed by atoms with van der Waals surface area (Å²) in [6.45, 7) is 2.07. The van der Waals surface area contributed by atoms with Gasteiger partial charge in [0, 0.05) is 5.02 Å². The average Bonchev–Trinajstić information content (AvgIpc) is 2.39. The topological polar surface area (TPSA) is 46.5 Å². The molecule has 0 radical (unpaired) electrons. The molecule has 0 aliphatic heterocycles. The minimum absolute atomic E-state index is 0.170. The minimum Gasteiger partial charge on any atom is -0.508 e. The van der Waals surface area contributed by atoms with Crippen molar-refractivity contribution in [1.29, 1.82) is 0 Å². The maximum absolute atomic E-state index is 11.9. The van der Waals surface area contributed by atoms with Gasteiger partial charge in [0.2, 0.25) is 0 Å². The zero-order valence-corrected chi connectivity index (χ0v) is 11.1. The van der Waals surface area contributed by atoms with Crippen molar-refractivity contribution in [2.75, 3.05) is 6.61 Å². The smallest absolute Gasteiger partial charge is 0.338 e. The van der Waals surface area contributed by atoms with Crippen LogP contribution >= 0.6 is 11.6 Å². The number of phenolic OH excluding ortho intramolecular Hbond substituents is 1. The summed E-state index contributed by atoms with van der Waals surface area (Å²) in [5.41, 5.74) is 1.94. The number of phenols is 1. The molecule has 2 aromatic carbocycles. The number of halogens is 1. The second kappa shape index (κ2) is 5.76. The van der Waals surface area contributed by atoms with E-state index >= 15 is 0 Å². The number of carbonyl (C=O) groups is 1. The molecule has 0 saturated carbocycles. The molecule has 0 fully saturated rings. The molecule has 0 aliphatic carbocycles. The maximum Gasteiger partial charge on any atom is 0.338 e. The van der Waals surface area contributed by atoms with Gasteiger partial charge in [0.1, 0.15) is 5.75 Å². The van der Waals surface area contributed by atoms with Crippen LogP contribution in [0.5, 0.6) is 5.75 Å². The highest BCUT2D eigenvalue weighted by atomic mass is 35.5. The van der Waals surface area contributed by atoms with Gasteiger partial charge in [-0.15, -0.1) is 0 Å². The largest absolute Gasteiger partial charge is 0.508 e. The zero-order valence-electron chi connectivity index (χ0n) is 10.4. The molecular formula is C15H13ClO3. The highest BCUT2D eigenvalue weighted by Gasteiger charge is 2.14. The quantitative estimate of drug-likeness (QED) is 0.865. The SMILES string of the molecule is CCOC(=O)c1ccc(Cl)cc1-c1ccc(O)cc1. The molecule has 0 aliphatic rings. The van der Waals surface area contributed by atoms with Gasteiger partial charge < -0.3 is 9.84 Å². The van der Waals surface area contributed by atoms with E-state index in [1.165, 1.54) is 0 Å². The third-order valence-corrected chi connectivity index (χ3v) is 2.89. The number of benzene rings is 2. The molecule has 2 rings (SSSR count). The molecule has 0 unspecified atom stereocenters. The van der Waals surface area contributed by atoms with E-state index in [0.717, 1.165) is 5.56 Å². The lowest BCUT2D eigenvalue weighted by Crippen LogP contribution is -2.06. The molecule has 0 saturated heterocycles. The van der Waals surface area contributed by atoms with Crippen LogP contribution in [0.1, 0.15) is 17.3 Å². The van der Waals surface area contributed by atoms with Crippen LogP contribution < -0.4 is 0 Å². The zero-order chi connectivity index (χ0) is 13.8. The molecular weight excluding hydrogens is 264 g/mol. The standard InChI is InChI=1S/C15H13ClO3/c1-2-19-15(18)13-8-5-11(16)9-14(13)10-3-6-12(17)7-4-10/h3-9,17H,2H2,1H3. The summed E-state index contributed by atoms with van der Waals surface area (Å²) in [5, 5.41) is 9.84. The van der Waals surface area contributed by atoms with Crippen LogP contribution in [0.25, 0.3) is 11.1 Å². The third-order valence-electron chi connectivity index (χ3n) is 2.66. The van der Waals surface area contributed by atoms with Crippen molar-refractivity contribution >= 4 is 17.6 Å². The first-order valence-electron chi connectivity index (χ1n) is 5.88. The Morgan fingerprint density at radius 2 is 1.89 bits per heavy atom. The van der Waals surface area contributed by atoms with Crippen molar-refractivity contribution in [3.63, 3.8) is 0 Å². The average molecular weight is 277 g/mol.